The second kappa shape index (κ2) is 5.99. The van der Waals surface area contributed by atoms with Crippen LogP contribution in [0.15, 0.2) is 53.4 Å². The summed E-state index contributed by atoms with van der Waals surface area (Å²) in [5.41, 5.74) is 0.853. The maximum absolute atomic E-state index is 12.7. The fourth-order valence-electron chi connectivity index (χ4n) is 2.95. The lowest BCUT2D eigenvalue weighted by Gasteiger charge is -2.17. The minimum Gasteiger partial charge on any atom is -0.258 e. The Kier molecular flexibility index (Phi) is 4.15. The molecule has 0 unspecified atom stereocenters. The van der Waals surface area contributed by atoms with Gasteiger partial charge in [0.15, 0.2) is 4.90 Å². The smallest absolute Gasteiger partial charge is 0.258 e. The highest BCUT2D eigenvalue weighted by Gasteiger charge is 2.45. The first-order valence-electron chi connectivity index (χ1n) is 7.65. The van der Waals surface area contributed by atoms with Crippen LogP contribution in [0.5, 0.6) is 0 Å². The lowest BCUT2D eigenvalue weighted by molar-refractivity contribution is -0.387. The number of rotatable bonds is 6. The quantitative estimate of drug-likeness (QED) is 0.643. The van der Waals surface area contributed by atoms with Gasteiger partial charge in [0.1, 0.15) is 0 Å². The lowest BCUT2D eigenvalue weighted by Crippen LogP contribution is -2.33. The van der Waals surface area contributed by atoms with Gasteiger partial charge >= 0.3 is 0 Å². The average Bonchev–Trinajstić information content (AvgIpc) is 3.35. The lowest BCUT2D eigenvalue weighted by atomic mass is 9.96. The molecule has 1 aliphatic carbocycles. The van der Waals surface area contributed by atoms with Gasteiger partial charge in [-0.1, -0.05) is 42.5 Å². The number of hydrogen-bond acceptors (Lipinski definition) is 4. The van der Waals surface area contributed by atoms with Crippen molar-refractivity contribution in [1.29, 1.82) is 0 Å². The molecule has 1 N–H and O–H groups in total. The number of nitrogens with one attached hydrogen (secondary N) is 1. The van der Waals surface area contributed by atoms with E-state index in [0.717, 1.165) is 18.4 Å². The molecule has 0 atom stereocenters. The van der Waals surface area contributed by atoms with Crippen molar-refractivity contribution in [1.82, 2.24) is 4.72 Å². The molecule has 1 fully saturated rings. The minimum absolute atomic E-state index is 0.203. The summed E-state index contributed by atoms with van der Waals surface area (Å²) in [6.07, 6.45) is 1.80. The Morgan fingerprint density at radius 1 is 1.12 bits per heavy atom. The molecule has 6 nitrogen and oxygen atoms in total. The van der Waals surface area contributed by atoms with E-state index in [2.05, 4.69) is 4.72 Å². The van der Waals surface area contributed by atoms with Gasteiger partial charge in [-0.3, -0.25) is 10.1 Å². The first-order valence-corrected chi connectivity index (χ1v) is 9.13. The van der Waals surface area contributed by atoms with E-state index >= 15 is 0 Å². The van der Waals surface area contributed by atoms with Gasteiger partial charge in [0.25, 0.3) is 5.69 Å². The Morgan fingerprint density at radius 2 is 1.79 bits per heavy atom. The molecule has 0 aromatic heterocycles. The van der Waals surface area contributed by atoms with E-state index in [-0.39, 0.29) is 16.9 Å². The Hall–Kier alpha value is -2.25. The van der Waals surface area contributed by atoms with E-state index in [4.69, 9.17) is 0 Å². The molecule has 0 radical (unpaired) electrons. The molecule has 1 aliphatic rings. The predicted molar refractivity (Wildman–Crippen MR) is 90.4 cm³/mol. The maximum Gasteiger partial charge on any atom is 0.289 e. The molecule has 2 aromatic rings. The first kappa shape index (κ1) is 16.6. The highest BCUT2D eigenvalue weighted by atomic mass is 32.2. The van der Waals surface area contributed by atoms with Crippen LogP contribution < -0.4 is 4.72 Å². The summed E-state index contributed by atoms with van der Waals surface area (Å²) < 4.78 is 27.9. The molecule has 24 heavy (non-hydrogen) atoms. The average molecular weight is 346 g/mol. The second-order valence-corrected chi connectivity index (χ2v) is 7.85. The third-order valence-corrected chi connectivity index (χ3v) is 6.09. The van der Waals surface area contributed by atoms with Crippen molar-refractivity contribution in [2.24, 2.45) is 0 Å². The Balaban J connectivity index is 1.87. The molecule has 0 heterocycles. The summed E-state index contributed by atoms with van der Waals surface area (Å²) in [5, 5.41) is 11.2. The van der Waals surface area contributed by atoms with Crippen LogP contribution in [0, 0.1) is 17.0 Å². The van der Waals surface area contributed by atoms with Crippen molar-refractivity contribution in [3.8, 4) is 0 Å². The minimum atomic E-state index is -3.96. The van der Waals surface area contributed by atoms with Crippen molar-refractivity contribution in [2.75, 3.05) is 6.54 Å². The van der Waals surface area contributed by atoms with Crippen LogP contribution in [-0.2, 0) is 15.4 Å². The van der Waals surface area contributed by atoms with Crippen molar-refractivity contribution >= 4 is 15.7 Å². The molecule has 0 spiro atoms. The SMILES string of the molecule is Cc1cccc([N+](=O)[O-])c1S(=O)(=O)NCC1(c2ccccc2)CC1. The van der Waals surface area contributed by atoms with Crippen LogP contribution in [-0.4, -0.2) is 19.9 Å². The fraction of sp³-hybridized carbons (Fsp3) is 0.294. The van der Waals surface area contributed by atoms with Crippen LogP contribution in [0.4, 0.5) is 5.69 Å². The van der Waals surface area contributed by atoms with Gasteiger partial charge in [0, 0.05) is 18.0 Å². The van der Waals surface area contributed by atoms with Gasteiger partial charge < -0.3 is 0 Å². The highest BCUT2D eigenvalue weighted by molar-refractivity contribution is 7.89. The van der Waals surface area contributed by atoms with Gasteiger partial charge in [-0.2, -0.15) is 0 Å². The molecule has 2 aromatic carbocycles. The third kappa shape index (κ3) is 3.05. The molecule has 7 heteroatoms. The number of nitrogens with zero attached hydrogens (tertiary/aromatic N) is 1. The standard InChI is InChI=1S/C17H18N2O4S/c1-13-6-5-9-15(19(20)21)16(13)24(22,23)18-12-17(10-11-17)14-7-3-2-4-8-14/h2-9,18H,10-12H2,1H3. The number of hydrogen-bond donors (Lipinski definition) is 1. The Morgan fingerprint density at radius 3 is 2.38 bits per heavy atom. The summed E-state index contributed by atoms with van der Waals surface area (Å²) in [6.45, 7) is 1.80. The third-order valence-electron chi connectivity index (χ3n) is 4.50. The van der Waals surface area contributed by atoms with E-state index in [1.54, 1.807) is 13.0 Å². The summed E-state index contributed by atoms with van der Waals surface area (Å²) in [7, 11) is -3.96. The molecular formula is C17H18N2O4S. The molecule has 0 saturated heterocycles. The van der Waals surface area contributed by atoms with E-state index in [0.29, 0.717) is 5.56 Å². The van der Waals surface area contributed by atoms with Gasteiger partial charge in [0.05, 0.1) is 4.92 Å². The largest absolute Gasteiger partial charge is 0.289 e. The van der Waals surface area contributed by atoms with Crippen molar-refractivity contribution in [3.63, 3.8) is 0 Å². The zero-order valence-electron chi connectivity index (χ0n) is 13.2. The number of sulfonamides is 1. The van der Waals surface area contributed by atoms with Crippen LogP contribution >= 0.6 is 0 Å². The molecule has 3 rings (SSSR count). The van der Waals surface area contributed by atoms with Gasteiger partial charge in [-0.25, -0.2) is 13.1 Å². The summed E-state index contributed by atoms with van der Waals surface area (Å²) in [6, 6.07) is 14.0. The van der Waals surface area contributed by atoms with Crippen LogP contribution in [0.3, 0.4) is 0 Å². The molecule has 0 bridgehead atoms. The Bertz CT molecular complexity index is 875. The molecule has 0 aliphatic heterocycles. The Labute approximate surface area is 140 Å². The number of aryl methyl sites for hydroxylation is 1. The summed E-state index contributed by atoms with van der Waals surface area (Å²) >= 11 is 0. The van der Waals surface area contributed by atoms with Crippen molar-refractivity contribution < 1.29 is 13.3 Å². The van der Waals surface area contributed by atoms with E-state index < -0.39 is 20.6 Å². The molecular weight excluding hydrogens is 328 g/mol. The van der Waals surface area contributed by atoms with E-state index in [1.165, 1.54) is 12.1 Å². The zero-order chi connectivity index (χ0) is 17.4. The molecule has 0 amide bonds. The predicted octanol–water partition coefficient (Wildman–Crippen LogP) is 2.91. The molecule has 126 valence electrons. The van der Waals surface area contributed by atoms with Crippen molar-refractivity contribution in [2.45, 2.75) is 30.1 Å². The van der Waals surface area contributed by atoms with Crippen LogP contribution in [0.25, 0.3) is 0 Å². The highest BCUT2D eigenvalue weighted by Crippen LogP contribution is 2.47. The first-order chi connectivity index (χ1) is 11.4. The monoisotopic (exact) mass is 346 g/mol. The topological polar surface area (TPSA) is 89.3 Å². The fourth-order valence-corrected chi connectivity index (χ4v) is 4.47. The summed E-state index contributed by atoms with van der Waals surface area (Å²) in [5.74, 6) is 0. The number of benzene rings is 2. The zero-order valence-corrected chi connectivity index (χ0v) is 14.0. The van der Waals surface area contributed by atoms with Crippen molar-refractivity contribution in [3.05, 3.63) is 69.8 Å². The van der Waals surface area contributed by atoms with Gasteiger partial charge in [-0.05, 0) is 30.9 Å². The number of nitro groups is 1. The second-order valence-electron chi connectivity index (χ2n) is 6.15. The van der Waals surface area contributed by atoms with Crippen LogP contribution in [0.2, 0.25) is 0 Å². The summed E-state index contributed by atoms with van der Waals surface area (Å²) in [4.78, 5) is 10.3. The van der Waals surface area contributed by atoms with Crippen LogP contribution in [0.1, 0.15) is 24.0 Å². The molecule has 1 saturated carbocycles. The number of nitro benzene ring substituents is 1. The van der Waals surface area contributed by atoms with E-state index in [9.17, 15) is 18.5 Å². The van der Waals surface area contributed by atoms with E-state index in [1.807, 2.05) is 30.3 Å². The normalized spacial score (nSPS) is 15.9. The maximum atomic E-state index is 12.7. The van der Waals surface area contributed by atoms with Gasteiger partial charge in [0.2, 0.25) is 10.0 Å². The van der Waals surface area contributed by atoms with Gasteiger partial charge in [-0.15, -0.1) is 0 Å².